The van der Waals surface area contributed by atoms with Gasteiger partial charge in [0.2, 0.25) is 0 Å². The van der Waals surface area contributed by atoms with Crippen LogP contribution in [0.15, 0.2) is 4.99 Å². The molecule has 2 heterocycles. The maximum atomic E-state index is 12.3. The second kappa shape index (κ2) is 8.92. The number of imide groups is 1. The van der Waals surface area contributed by atoms with Crippen LogP contribution in [0.5, 0.6) is 0 Å². The van der Waals surface area contributed by atoms with Crippen LogP contribution in [0, 0.1) is 0 Å². The zero-order valence-electron chi connectivity index (χ0n) is 14.1. The molecule has 0 radical (unpaired) electrons. The van der Waals surface area contributed by atoms with Gasteiger partial charge in [0.25, 0.3) is 5.91 Å². The summed E-state index contributed by atoms with van der Waals surface area (Å²) >= 11 is 7.03. The number of urea groups is 1. The first-order valence-corrected chi connectivity index (χ1v) is 9.80. The van der Waals surface area contributed by atoms with Gasteiger partial charge in [-0.15, -0.1) is 11.6 Å². The van der Waals surface area contributed by atoms with E-state index in [9.17, 15) is 14.7 Å². The first-order valence-electron chi connectivity index (χ1n) is 8.28. The molecule has 0 saturated carbocycles. The zero-order valence-corrected chi connectivity index (χ0v) is 15.6. The molecule has 0 aromatic heterocycles. The van der Waals surface area contributed by atoms with Crippen molar-refractivity contribution >= 4 is 40.5 Å². The summed E-state index contributed by atoms with van der Waals surface area (Å²) < 4.78 is 0. The topological polar surface area (TPSA) is 85.2 Å². The van der Waals surface area contributed by atoms with Crippen LogP contribution >= 0.6 is 23.4 Å². The van der Waals surface area contributed by atoms with Crippen LogP contribution < -0.4 is 5.32 Å². The van der Waals surface area contributed by atoms with Crippen LogP contribution in [0.4, 0.5) is 4.79 Å². The minimum absolute atomic E-state index is 0.155. The first kappa shape index (κ1) is 19.3. The molecule has 1 fully saturated rings. The molecule has 0 bridgehead atoms. The predicted octanol–water partition coefficient (Wildman–Crippen LogP) is 1.45. The van der Waals surface area contributed by atoms with Crippen molar-refractivity contribution in [1.29, 1.82) is 0 Å². The Bertz CT molecular complexity index is 505. The number of halogens is 1. The number of aliphatic hydroxyl groups is 1. The molecular formula is C15H25ClN4O3S. The molecule has 0 spiro atoms. The Hall–Kier alpha value is -0.990. The van der Waals surface area contributed by atoms with Crippen molar-refractivity contribution in [2.24, 2.45) is 4.99 Å². The Kier molecular flexibility index (Phi) is 7.18. The van der Waals surface area contributed by atoms with Crippen LogP contribution in [0.1, 0.15) is 32.6 Å². The molecule has 24 heavy (non-hydrogen) atoms. The number of carbonyl (C=O) groups is 2. The van der Waals surface area contributed by atoms with Gasteiger partial charge in [-0.05, 0) is 6.42 Å². The average molecular weight is 377 g/mol. The summed E-state index contributed by atoms with van der Waals surface area (Å²) in [5.74, 6) is 0.255. The second-order valence-electron chi connectivity index (χ2n) is 6.05. The number of aliphatic imine (C=N–C) groups is 1. The van der Waals surface area contributed by atoms with Gasteiger partial charge in [0.05, 0.1) is 6.10 Å². The lowest BCUT2D eigenvalue weighted by atomic mass is 10.1. The highest BCUT2D eigenvalue weighted by atomic mass is 35.5. The first-order chi connectivity index (χ1) is 11.5. The third-order valence-electron chi connectivity index (χ3n) is 4.16. The molecule has 2 rings (SSSR count). The lowest BCUT2D eigenvalue weighted by Gasteiger charge is -2.36. The summed E-state index contributed by atoms with van der Waals surface area (Å²) in [6, 6.07) is -0.923. The van der Waals surface area contributed by atoms with E-state index in [4.69, 9.17) is 11.6 Å². The third-order valence-corrected chi connectivity index (χ3v) is 5.66. The van der Waals surface area contributed by atoms with Gasteiger partial charge in [0.15, 0.2) is 17.4 Å². The van der Waals surface area contributed by atoms with Crippen LogP contribution in [0.3, 0.4) is 0 Å². The summed E-state index contributed by atoms with van der Waals surface area (Å²) in [6.07, 6.45) is 3.20. The van der Waals surface area contributed by atoms with E-state index in [1.165, 1.54) is 16.7 Å². The van der Waals surface area contributed by atoms with Gasteiger partial charge in [0, 0.05) is 25.2 Å². The zero-order chi connectivity index (χ0) is 17.7. The highest BCUT2D eigenvalue weighted by Crippen LogP contribution is 2.29. The van der Waals surface area contributed by atoms with E-state index in [1.54, 1.807) is 7.05 Å². The molecule has 0 aliphatic carbocycles. The van der Waals surface area contributed by atoms with Gasteiger partial charge >= 0.3 is 6.03 Å². The Morgan fingerprint density at radius 2 is 2.12 bits per heavy atom. The van der Waals surface area contributed by atoms with Crippen LogP contribution in [0.25, 0.3) is 0 Å². The molecule has 2 N–H and O–H groups in total. The van der Waals surface area contributed by atoms with E-state index in [0.29, 0.717) is 17.5 Å². The largest absolute Gasteiger partial charge is 0.391 e. The average Bonchev–Trinajstić information content (AvgIpc) is 2.93. The van der Waals surface area contributed by atoms with Crippen LogP contribution in [-0.4, -0.2) is 75.5 Å². The van der Waals surface area contributed by atoms with Crippen molar-refractivity contribution in [2.75, 3.05) is 25.2 Å². The molecule has 9 heteroatoms. The van der Waals surface area contributed by atoms with Crippen LogP contribution in [0.2, 0.25) is 0 Å². The second-order valence-corrected chi connectivity index (χ2v) is 7.34. The smallest absolute Gasteiger partial charge is 0.325 e. The van der Waals surface area contributed by atoms with E-state index in [1.807, 2.05) is 4.90 Å². The normalized spacial score (nSPS) is 24.8. The van der Waals surface area contributed by atoms with E-state index in [2.05, 4.69) is 17.2 Å². The van der Waals surface area contributed by atoms with Crippen molar-refractivity contribution in [3.63, 3.8) is 0 Å². The predicted molar refractivity (Wildman–Crippen MR) is 96.3 cm³/mol. The minimum atomic E-state index is -0.628. The summed E-state index contributed by atoms with van der Waals surface area (Å²) in [4.78, 5) is 32.1. The number of likely N-dealkylation sites (N-methyl/N-ethyl adjacent to an activating group) is 1. The highest BCUT2D eigenvalue weighted by molar-refractivity contribution is 8.13. The number of unbranched alkanes of at least 4 members (excludes halogenated alkanes) is 3. The van der Waals surface area contributed by atoms with Gasteiger partial charge in [-0.25, -0.2) is 9.79 Å². The number of alkyl halides is 1. The maximum Gasteiger partial charge on any atom is 0.325 e. The molecular weight excluding hydrogens is 352 g/mol. The molecule has 7 nitrogen and oxygen atoms in total. The number of nitrogens with one attached hydrogen (secondary N) is 1. The van der Waals surface area contributed by atoms with Crippen molar-refractivity contribution < 1.29 is 14.7 Å². The van der Waals surface area contributed by atoms with E-state index in [-0.39, 0.29) is 11.8 Å². The highest BCUT2D eigenvalue weighted by Gasteiger charge is 2.48. The lowest BCUT2D eigenvalue weighted by molar-refractivity contribution is -0.127. The maximum absolute atomic E-state index is 12.3. The summed E-state index contributed by atoms with van der Waals surface area (Å²) in [6.45, 7) is 2.86. The standard InChI is InChI=1S/C15H25ClN4O3S/c1-3-4-5-6-7-20-11-12(19(2)14(23)18-13(11)22)17-15(20)24-9-10(21)8-16/h10-12,21H,3-9H2,1-2H3,(H,18,22,23). The van der Waals surface area contributed by atoms with Gasteiger partial charge in [-0.1, -0.05) is 37.9 Å². The van der Waals surface area contributed by atoms with Gasteiger partial charge in [0.1, 0.15) is 0 Å². The molecule has 1 saturated heterocycles. The molecule has 136 valence electrons. The van der Waals surface area contributed by atoms with E-state index >= 15 is 0 Å². The molecule has 2 aliphatic heterocycles. The molecule has 3 atom stereocenters. The summed E-state index contributed by atoms with van der Waals surface area (Å²) in [7, 11) is 1.64. The Morgan fingerprint density at radius 1 is 1.38 bits per heavy atom. The fraction of sp³-hybridized carbons (Fsp3) is 0.800. The fourth-order valence-corrected chi connectivity index (χ4v) is 4.03. The summed E-state index contributed by atoms with van der Waals surface area (Å²) in [5, 5.41) is 12.8. The van der Waals surface area contributed by atoms with Crippen molar-refractivity contribution in [3.05, 3.63) is 0 Å². The Labute approximate surface area is 151 Å². The molecule has 0 aromatic carbocycles. The Morgan fingerprint density at radius 3 is 2.79 bits per heavy atom. The number of aliphatic hydroxyl groups excluding tert-OH is 1. The lowest BCUT2D eigenvalue weighted by Crippen LogP contribution is -2.63. The number of rotatable bonds is 8. The monoisotopic (exact) mass is 376 g/mol. The van der Waals surface area contributed by atoms with Gasteiger partial charge in [-0.3, -0.25) is 10.1 Å². The molecule has 2 aliphatic rings. The van der Waals surface area contributed by atoms with Crippen molar-refractivity contribution in [1.82, 2.24) is 15.1 Å². The molecule has 3 unspecified atom stereocenters. The number of hydrogen-bond acceptors (Lipinski definition) is 6. The third kappa shape index (κ3) is 4.34. The van der Waals surface area contributed by atoms with E-state index < -0.39 is 24.3 Å². The number of thioether (sulfide) groups is 1. The number of carbonyl (C=O) groups excluding carboxylic acids is 2. The summed E-state index contributed by atoms with van der Waals surface area (Å²) in [5.41, 5.74) is 0. The van der Waals surface area contributed by atoms with Crippen molar-refractivity contribution in [3.8, 4) is 0 Å². The quantitative estimate of drug-likeness (QED) is 0.494. The number of nitrogens with zero attached hydrogens (tertiary/aromatic N) is 3. The van der Waals surface area contributed by atoms with Gasteiger partial charge < -0.3 is 14.9 Å². The minimum Gasteiger partial charge on any atom is -0.391 e. The SMILES string of the molecule is CCCCCCN1C(SCC(O)CCl)=NC2C1C(=O)NC(=O)N2C. The number of fused-ring (bicyclic) bond motifs is 1. The molecule has 3 amide bonds. The van der Waals surface area contributed by atoms with Crippen LogP contribution in [-0.2, 0) is 4.79 Å². The fourth-order valence-electron chi connectivity index (χ4n) is 2.78. The number of hydrogen-bond donors (Lipinski definition) is 2. The van der Waals surface area contributed by atoms with Crippen molar-refractivity contribution in [2.45, 2.75) is 50.9 Å². The Balaban J connectivity index is 2.10. The van der Waals surface area contributed by atoms with Gasteiger partial charge in [-0.2, -0.15) is 0 Å². The molecule has 0 aromatic rings. The number of amides is 3. The number of amidine groups is 1. The van der Waals surface area contributed by atoms with E-state index in [0.717, 1.165) is 25.7 Å².